The molecule has 5 nitrogen and oxygen atoms in total. The van der Waals surface area contributed by atoms with Crippen molar-refractivity contribution in [1.82, 2.24) is 20.2 Å². The average molecular weight is 353 g/mol. The number of hydrogen-bond acceptors (Lipinski definition) is 4. The topological polar surface area (TPSA) is 57.7 Å². The van der Waals surface area contributed by atoms with Gasteiger partial charge in [0.05, 0.1) is 11.4 Å². The van der Waals surface area contributed by atoms with Gasteiger partial charge in [0.25, 0.3) is 0 Å². The van der Waals surface area contributed by atoms with E-state index in [1.807, 2.05) is 12.3 Å². The minimum atomic E-state index is -0.201. The van der Waals surface area contributed by atoms with Crippen LogP contribution in [0.4, 0.5) is 10.3 Å². The summed E-state index contributed by atoms with van der Waals surface area (Å²) in [7, 11) is 0. The first-order valence-corrected chi connectivity index (χ1v) is 9.43. The molecule has 1 aliphatic heterocycles. The molecule has 0 spiro atoms. The summed E-state index contributed by atoms with van der Waals surface area (Å²) in [6.07, 6.45) is 5.85. The summed E-state index contributed by atoms with van der Waals surface area (Å²) < 4.78 is 13.4. The van der Waals surface area contributed by atoms with Crippen LogP contribution in [0.1, 0.15) is 49.6 Å². The van der Waals surface area contributed by atoms with Crippen LogP contribution in [0.3, 0.4) is 0 Å². The van der Waals surface area contributed by atoms with Crippen molar-refractivity contribution in [3.63, 3.8) is 0 Å². The maximum Gasteiger partial charge on any atom is 0.245 e. The number of anilines is 1. The van der Waals surface area contributed by atoms with Gasteiger partial charge in [-0.1, -0.05) is 13.8 Å². The van der Waals surface area contributed by atoms with Gasteiger partial charge in [-0.05, 0) is 55.4 Å². The predicted molar refractivity (Wildman–Crippen MR) is 101 cm³/mol. The van der Waals surface area contributed by atoms with Crippen LogP contribution in [0.25, 0.3) is 10.9 Å². The molecular weight excluding hydrogens is 329 g/mol. The van der Waals surface area contributed by atoms with E-state index in [-0.39, 0.29) is 5.82 Å². The van der Waals surface area contributed by atoms with E-state index < -0.39 is 0 Å². The van der Waals surface area contributed by atoms with Crippen LogP contribution in [0.15, 0.2) is 24.4 Å². The molecule has 2 aromatic heterocycles. The number of aromatic amines is 1. The second-order valence-corrected chi connectivity index (χ2v) is 6.91. The van der Waals surface area contributed by atoms with Crippen LogP contribution in [0.5, 0.6) is 0 Å². The maximum absolute atomic E-state index is 13.4. The van der Waals surface area contributed by atoms with E-state index in [0.717, 1.165) is 67.0 Å². The number of aryl methyl sites for hydroxylation is 2. The summed E-state index contributed by atoms with van der Waals surface area (Å²) in [6.45, 7) is 6.02. The largest absolute Gasteiger partial charge is 0.361 e. The molecule has 0 aliphatic carbocycles. The number of H-pyrrole nitrogens is 1. The molecule has 0 saturated carbocycles. The molecule has 3 aromatic rings. The Hall–Kier alpha value is -2.50. The zero-order valence-corrected chi connectivity index (χ0v) is 15.3. The second kappa shape index (κ2) is 7.02. The molecule has 1 N–H and O–H groups in total. The number of nitrogens with one attached hydrogen (secondary N) is 1. The summed E-state index contributed by atoms with van der Waals surface area (Å²) >= 11 is 0. The van der Waals surface area contributed by atoms with Crippen LogP contribution in [0, 0.1) is 5.82 Å². The van der Waals surface area contributed by atoms with E-state index in [2.05, 4.69) is 33.9 Å². The Balaban J connectivity index is 1.50. The van der Waals surface area contributed by atoms with Crippen LogP contribution in [-0.2, 0) is 12.8 Å². The molecule has 3 heterocycles. The van der Waals surface area contributed by atoms with Crippen molar-refractivity contribution in [2.75, 3.05) is 18.0 Å². The molecule has 1 aliphatic rings. The number of rotatable bonds is 4. The quantitative estimate of drug-likeness (QED) is 0.770. The van der Waals surface area contributed by atoms with Crippen LogP contribution in [-0.4, -0.2) is 33.3 Å². The van der Waals surface area contributed by atoms with Crippen molar-refractivity contribution in [1.29, 1.82) is 0 Å². The minimum Gasteiger partial charge on any atom is -0.361 e. The van der Waals surface area contributed by atoms with Gasteiger partial charge in [-0.25, -0.2) is 9.37 Å². The fraction of sp³-hybridized carbons (Fsp3) is 0.450. The number of halogens is 1. The van der Waals surface area contributed by atoms with Gasteiger partial charge >= 0.3 is 0 Å². The van der Waals surface area contributed by atoms with Gasteiger partial charge in [0.1, 0.15) is 5.82 Å². The molecule has 0 unspecified atom stereocenters. The Bertz CT molecular complexity index is 912. The summed E-state index contributed by atoms with van der Waals surface area (Å²) in [4.78, 5) is 10.2. The van der Waals surface area contributed by atoms with Crippen molar-refractivity contribution in [3.8, 4) is 0 Å². The first-order valence-electron chi connectivity index (χ1n) is 9.43. The van der Waals surface area contributed by atoms with Crippen molar-refractivity contribution >= 4 is 16.9 Å². The molecule has 1 fully saturated rings. The molecule has 136 valence electrons. The monoisotopic (exact) mass is 353 g/mol. The summed E-state index contributed by atoms with van der Waals surface area (Å²) in [5, 5.41) is 9.84. The number of hydrogen-bond donors (Lipinski definition) is 1. The van der Waals surface area contributed by atoms with Crippen LogP contribution >= 0.6 is 0 Å². The standard InChI is InChI=1S/C20H24FN5/c1-3-17-18(4-2)24-25-20(23-17)26-9-7-13(8-10-26)16-12-22-19-11-14(21)5-6-15(16)19/h5-6,11-13,22H,3-4,7-10H2,1-2H3. The van der Waals surface area contributed by atoms with E-state index >= 15 is 0 Å². The number of benzene rings is 1. The molecular formula is C20H24FN5. The van der Waals surface area contributed by atoms with E-state index in [0.29, 0.717) is 5.92 Å². The van der Waals surface area contributed by atoms with Gasteiger partial charge < -0.3 is 9.88 Å². The van der Waals surface area contributed by atoms with Crippen molar-refractivity contribution in [2.45, 2.75) is 45.4 Å². The number of piperidine rings is 1. The fourth-order valence-corrected chi connectivity index (χ4v) is 3.91. The molecule has 0 amide bonds. The molecule has 0 radical (unpaired) electrons. The Labute approximate surface area is 152 Å². The predicted octanol–water partition coefficient (Wildman–Crippen LogP) is 4.00. The SMILES string of the molecule is CCc1nnc(N2CCC(c3c[nH]c4cc(F)ccc34)CC2)nc1CC. The number of nitrogens with zero attached hydrogens (tertiary/aromatic N) is 4. The zero-order chi connectivity index (χ0) is 18.1. The van der Waals surface area contributed by atoms with Crippen molar-refractivity contribution < 1.29 is 4.39 Å². The van der Waals surface area contributed by atoms with E-state index in [9.17, 15) is 4.39 Å². The van der Waals surface area contributed by atoms with Gasteiger partial charge in [-0.2, -0.15) is 5.10 Å². The molecule has 0 bridgehead atoms. The average Bonchev–Trinajstić information content (AvgIpc) is 3.10. The highest BCUT2D eigenvalue weighted by molar-refractivity contribution is 5.83. The first kappa shape index (κ1) is 16.9. The molecule has 1 aromatic carbocycles. The molecule has 0 atom stereocenters. The lowest BCUT2D eigenvalue weighted by Gasteiger charge is -2.32. The molecule has 1 saturated heterocycles. The highest BCUT2D eigenvalue weighted by atomic mass is 19.1. The fourth-order valence-electron chi connectivity index (χ4n) is 3.91. The third-order valence-corrected chi connectivity index (χ3v) is 5.39. The zero-order valence-electron chi connectivity index (χ0n) is 15.3. The first-order chi connectivity index (χ1) is 12.7. The second-order valence-electron chi connectivity index (χ2n) is 6.91. The number of fused-ring (bicyclic) bond motifs is 1. The van der Waals surface area contributed by atoms with E-state index in [1.54, 1.807) is 6.07 Å². The normalized spacial score (nSPS) is 15.7. The lowest BCUT2D eigenvalue weighted by Crippen LogP contribution is -2.34. The highest BCUT2D eigenvalue weighted by Gasteiger charge is 2.25. The lowest BCUT2D eigenvalue weighted by atomic mass is 9.89. The van der Waals surface area contributed by atoms with Crippen molar-refractivity contribution in [2.24, 2.45) is 0 Å². The van der Waals surface area contributed by atoms with E-state index in [1.165, 1.54) is 11.6 Å². The molecule has 6 heteroatoms. The van der Waals surface area contributed by atoms with Gasteiger partial charge in [0.15, 0.2) is 0 Å². The number of aromatic nitrogens is 4. The van der Waals surface area contributed by atoms with Gasteiger partial charge in [-0.15, -0.1) is 5.10 Å². The van der Waals surface area contributed by atoms with Crippen molar-refractivity contribution in [3.05, 3.63) is 47.2 Å². The summed E-state index contributed by atoms with van der Waals surface area (Å²) in [5.41, 5.74) is 4.21. The van der Waals surface area contributed by atoms with Gasteiger partial charge in [0, 0.05) is 30.2 Å². The Morgan fingerprint density at radius 1 is 1.12 bits per heavy atom. The third kappa shape index (κ3) is 3.04. The lowest BCUT2D eigenvalue weighted by molar-refractivity contribution is 0.499. The Morgan fingerprint density at radius 3 is 2.62 bits per heavy atom. The van der Waals surface area contributed by atoms with Gasteiger partial charge in [0.2, 0.25) is 5.95 Å². The van der Waals surface area contributed by atoms with Crippen LogP contribution in [0.2, 0.25) is 0 Å². The Morgan fingerprint density at radius 2 is 1.88 bits per heavy atom. The molecule has 26 heavy (non-hydrogen) atoms. The van der Waals surface area contributed by atoms with Crippen LogP contribution < -0.4 is 4.90 Å². The minimum absolute atomic E-state index is 0.201. The summed E-state index contributed by atoms with van der Waals surface area (Å²) in [5.74, 6) is 1.02. The highest BCUT2D eigenvalue weighted by Crippen LogP contribution is 2.34. The van der Waals surface area contributed by atoms with E-state index in [4.69, 9.17) is 4.98 Å². The summed E-state index contributed by atoms with van der Waals surface area (Å²) in [6, 6.07) is 4.98. The van der Waals surface area contributed by atoms with Gasteiger partial charge in [-0.3, -0.25) is 0 Å². The maximum atomic E-state index is 13.4. The Kier molecular flexibility index (Phi) is 4.57. The molecule has 4 rings (SSSR count). The smallest absolute Gasteiger partial charge is 0.245 e. The third-order valence-electron chi connectivity index (χ3n) is 5.39.